The predicted molar refractivity (Wildman–Crippen MR) is 114 cm³/mol. The Labute approximate surface area is 169 Å². The highest BCUT2D eigenvalue weighted by molar-refractivity contribution is 5.42. The fourth-order valence-electron chi connectivity index (χ4n) is 3.29. The Morgan fingerprint density at radius 3 is 1.68 bits per heavy atom. The molecule has 154 valence electrons. The zero-order valence-electron chi connectivity index (χ0n) is 17.9. The average molecular weight is 387 g/mol. The topological polar surface area (TPSA) is 34.2 Å². The van der Waals surface area contributed by atoms with Gasteiger partial charge in [0.25, 0.3) is 0 Å². The summed E-state index contributed by atoms with van der Waals surface area (Å²) in [6.45, 7) is 8.18. The molecule has 0 aliphatic carbocycles. The number of hydrazine groups is 1. The smallest absolute Gasteiger partial charge is 0.161 e. The molecule has 0 spiro atoms. The summed E-state index contributed by atoms with van der Waals surface area (Å²) in [5, 5.41) is 4.89. The molecule has 2 rings (SSSR count). The van der Waals surface area contributed by atoms with Crippen LogP contribution in [-0.4, -0.2) is 44.4 Å². The van der Waals surface area contributed by atoms with Gasteiger partial charge in [-0.1, -0.05) is 32.0 Å². The normalized spacial score (nSPS) is 11.1. The molecule has 0 radical (unpaired) electrons. The highest BCUT2D eigenvalue weighted by atomic mass is 16.5. The van der Waals surface area contributed by atoms with Gasteiger partial charge in [-0.2, -0.15) is 0 Å². The monoisotopic (exact) mass is 386 g/mol. The van der Waals surface area contributed by atoms with Crippen LogP contribution in [0.2, 0.25) is 0 Å². The number of rotatable bonds is 12. The lowest BCUT2D eigenvalue weighted by molar-refractivity contribution is -0.0412. The van der Waals surface area contributed by atoms with Gasteiger partial charge >= 0.3 is 0 Å². The summed E-state index contributed by atoms with van der Waals surface area (Å²) in [5.41, 5.74) is 2.49. The van der Waals surface area contributed by atoms with E-state index in [1.165, 1.54) is 11.1 Å². The number of nitrogens with zero attached hydrogens (tertiary/aromatic N) is 2. The molecule has 28 heavy (non-hydrogen) atoms. The fraction of sp³-hybridized carbons (Fsp3) is 0.478. The Balaban J connectivity index is 2.18. The summed E-state index contributed by atoms with van der Waals surface area (Å²) in [4.78, 5) is 0. The van der Waals surface area contributed by atoms with E-state index in [2.05, 4.69) is 48.1 Å². The molecule has 0 atom stereocenters. The van der Waals surface area contributed by atoms with E-state index in [0.717, 1.165) is 56.3 Å². The molecule has 0 N–H and O–H groups in total. The molecule has 0 fully saturated rings. The molecule has 5 nitrogen and oxygen atoms in total. The van der Waals surface area contributed by atoms with Crippen molar-refractivity contribution in [3.05, 3.63) is 53.6 Å². The molecule has 5 heteroatoms. The van der Waals surface area contributed by atoms with E-state index in [9.17, 15) is 0 Å². The lowest BCUT2D eigenvalue weighted by Gasteiger charge is -2.35. The van der Waals surface area contributed by atoms with Crippen LogP contribution >= 0.6 is 0 Å². The maximum absolute atomic E-state index is 5.47. The van der Waals surface area contributed by atoms with Crippen LogP contribution < -0.4 is 14.2 Å². The SMILES string of the molecule is CCCN(Cc1ccc(OC)cc1)N(CCC)Cc1ccc(OC)c(OC)c1. The molecule has 0 aliphatic heterocycles. The Morgan fingerprint density at radius 2 is 1.18 bits per heavy atom. The number of ether oxygens (including phenoxy) is 3. The first-order valence-corrected chi connectivity index (χ1v) is 9.98. The van der Waals surface area contributed by atoms with Gasteiger partial charge in [0, 0.05) is 26.2 Å². The van der Waals surface area contributed by atoms with Crippen LogP contribution in [0.25, 0.3) is 0 Å². The van der Waals surface area contributed by atoms with Crippen molar-refractivity contribution in [1.82, 2.24) is 10.0 Å². The summed E-state index contributed by atoms with van der Waals surface area (Å²) >= 11 is 0. The number of hydrogen-bond donors (Lipinski definition) is 0. The Kier molecular flexibility index (Phi) is 9.11. The second-order valence-corrected chi connectivity index (χ2v) is 6.81. The standard InChI is InChI=1S/C23H34N2O3/c1-6-14-24(17-19-8-11-21(26-3)12-9-19)25(15-7-2)18-20-10-13-22(27-4)23(16-20)28-5/h8-13,16H,6-7,14-15,17-18H2,1-5H3. The Hall–Kier alpha value is -2.24. The Morgan fingerprint density at radius 1 is 0.643 bits per heavy atom. The van der Waals surface area contributed by atoms with Gasteiger partial charge in [0.1, 0.15) is 5.75 Å². The van der Waals surface area contributed by atoms with Crippen LogP contribution in [0.5, 0.6) is 17.2 Å². The van der Waals surface area contributed by atoms with Crippen molar-refractivity contribution in [2.45, 2.75) is 39.8 Å². The number of benzene rings is 2. The number of hydrogen-bond acceptors (Lipinski definition) is 5. The molecule has 2 aromatic carbocycles. The van der Waals surface area contributed by atoms with Crippen molar-refractivity contribution in [3.63, 3.8) is 0 Å². The molecule has 2 aromatic rings. The summed E-state index contributed by atoms with van der Waals surface area (Å²) in [6, 6.07) is 14.5. The molecule has 0 amide bonds. The third-order valence-electron chi connectivity index (χ3n) is 4.70. The van der Waals surface area contributed by atoms with Gasteiger partial charge in [-0.3, -0.25) is 0 Å². The van der Waals surface area contributed by atoms with Crippen LogP contribution in [0.15, 0.2) is 42.5 Å². The molecule has 0 aliphatic rings. The van der Waals surface area contributed by atoms with Crippen molar-refractivity contribution in [2.75, 3.05) is 34.4 Å². The van der Waals surface area contributed by atoms with E-state index in [-0.39, 0.29) is 0 Å². The lowest BCUT2D eigenvalue weighted by Crippen LogP contribution is -2.42. The molecule has 0 unspecified atom stereocenters. The van der Waals surface area contributed by atoms with Gasteiger partial charge in [-0.05, 0) is 48.2 Å². The molecule has 0 saturated heterocycles. The minimum atomic E-state index is 0.761. The maximum atomic E-state index is 5.47. The van der Waals surface area contributed by atoms with E-state index in [4.69, 9.17) is 14.2 Å². The van der Waals surface area contributed by atoms with Crippen LogP contribution in [0, 0.1) is 0 Å². The molecule has 0 aromatic heterocycles. The van der Waals surface area contributed by atoms with Gasteiger partial charge in [0.05, 0.1) is 21.3 Å². The molecular weight excluding hydrogens is 352 g/mol. The van der Waals surface area contributed by atoms with E-state index in [0.29, 0.717) is 0 Å². The van der Waals surface area contributed by atoms with Crippen molar-refractivity contribution >= 4 is 0 Å². The zero-order valence-corrected chi connectivity index (χ0v) is 17.9. The van der Waals surface area contributed by atoms with Gasteiger partial charge < -0.3 is 14.2 Å². The summed E-state index contributed by atoms with van der Waals surface area (Å²) < 4.78 is 16.1. The first-order chi connectivity index (χ1) is 13.6. The van der Waals surface area contributed by atoms with Gasteiger partial charge in [0.15, 0.2) is 11.5 Å². The van der Waals surface area contributed by atoms with Gasteiger partial charge in [-0.25, -0.2) is 10.0 Å². The summed E-state index contributed by atoms with van der Waals surface area (Å²) in [6.07, 6.45) is 2.19. The predicted octanol–water partition coefficient (Wildman–Crippen LogP) is 4.75. The number of methoxy groups -OCH3 is 3. The second-order valence-electron chi connectivity index (χ2n) is 6.81. The quantitative estimate of drug-likeness (QED) is 0.492. The minimum Gasteiger partial charge on any atom is -0.497 e. The third kappa shape index (κ3) is 6.14. The molecule has 0 bridgehead atoms. The van der Waals surface area contributed by atoms with Crippen molar-refractivity contribution in [2.24, 2.45) is 0 Å². The highest BCUT2D eigenvalue weighted by Crippen LogP contribution is 2.28. The van der Waals surface area contributed by atoms with Crippen molar-refractivity contribution < 1.29 is 14.2 Å². The summed E-state index contributed by atoms with van der Waals surface area (Å²) in [7, 11) is 5.04. The van der Waals surface area contributed by atoms with Crippen LogP contribution in [0.3, 0.4) is 0 Å². The van der Waals surface area contributed by atoms with Crippen LogP contribution in [0.1, 0.15) is 37.8 Å². The van der Waals surface area contributed by atoms with Crippen molar-refractivity contribution in [3.8, 4) is 17.2 Å². The fourth-order valence-corrected chi connectivity index (χ4v) is 3.29. The molecular formula is C23H34N2O3. The molecule has 0 saturated carbocycles. The second kappa shape index (κ2) is 11.6. The van der Waals surface area contributed by atoms with Crippen molar-refractivity contribution in [1.29, 1.82) is 0 Å². The third-order valence-corrected chi connectivity index (χ3v) is 4.70. The zero-order chi connectivity index (χ0) is 20.4. The van der Waals surface area contributed by atoms with E-state index in [1.54, 1.807) is 21.3 Å². The average Bonchev–Trinajstić information content (AvgIpc) is 2.73. The van der Waals surface area contributed by atoms with E-state index >= 15 is 0 Å². The van der Waals surface area contributed by atoms with E-state index in [1.807, 2.05) is 18.2 Å². The first-order valence-electron chi connectivity index (χ1n) is 9.98. The van der Waals surface area contributed by atoms with Crippen LogP contribution in [-0.2, 0) is 13.1 Å². The Bertz CT molecular complexity index is 703. The highest BCUT2D eigenvalue weighted by Gasteiger charge is 2.16. The van der Waals surface area contributed by atoms with E-state index < -0.39 is 0 Å². The van der Waals surface area contributed by atoms with Crippen LogP contribution in [0.4, 0.5) is 0 Å². The van der Waals surface area contributed by atoms with Gasteiger partial charge in [0.2, 0.25) is 0 Å². The minimum absolute atomic E-state index is 0.761. The lowest BCUT2D eigenvalue weighted by atomic mass is 10.2. The first kappa shape index (κ1) is 22.1. The molecule has 0 heterocycles. The van der Waals surface area contributed by atoms with Gasteiger partial charge in [-0.15, -0.1) is 0 Å². The maximum Gasteiger partial charge on any atom is 0.161 e. The largest absolute Gasteiger partial charge is 0.497 e. The summed E-state index contributed by atoms with van der Waals surface area (Å²) in [5.74, 6) is 2.42.